The smallest absolute Gasteiger partial charge is 0.308 e. The van der Waals surface area contributed by atoms with Crippen molar-refractivity contribution in [3.05, 3.63) is 0 Å². The van der Waals surface area contributed by atoms with Crippen LogP contribution in [-0.4, -0.2) is 57.9 Å². The molecule has 0 radical (unpaired) electrons. The molecule has 0 saturated heterocycles. The molecular formula is C9H18O6. The first kappa shape index (κ1) is 14.3. The van der Waals surface area contributed by atoms with E-state index in [9.17, 15) is 20.1 Å². The maximum Gasteiger partial charge on any atom is 0.308 e. The van der Waals surface area contributed by atoms with Crippen LogP contribution in [0.3, 0.4) is 0 Å². The number of carboxylic acid groups (broad SMARTS) is 1. The zero-order valence-corrected chi connectivity index (χ0v) is 8.99. The second-order valence-electron chi connectivity index (χ2n) is 3.54. The van der Waals surface area contributed by atoms with Gasteiger partial charge in [0.05, 0.1) is 18.1 Å². The highest BCUT2D eigenvalue weighted by Gasteiger charge is 2.34. The summed E-state index contributed by atoms with van der Waals surface area (Å²) in [5.74, 6) is -2.39. The lowest BCUT2D eigenvalue weighted by Crippen LogP contribution is -2.47. The van der Waals surface area contributed by atoms with E-state index in [1.165, 1.54) is 21.0 Å². The Balaban J connectivity index is 4.42. The third-order valence-corrected chi connectivity index (χ3v) is 2.45. The number of hydrogen-bond acceptors (Lipinski definition) is 5. The predicted molar refractivity (Wildman–Crippen MR) is 51.3 cm³/mol. The SMILES string of the molecule is CO[C@H](C)C(O)C(O)C(O)C(C)C(=O)O. The molecule has 0 bridgehead atoms. The van der Waals surface area contributed by atoms with Crippen molar-refractivity contribution in [2.75, 3.05) is 7.11 Å². The van der Waals surface area contributed by atoms with Gasteiger partial charge in [0.1, 0.15) is 12.2 Å². The second-order valence-corrected chi connectivity index (χ2v) is 3.54. The van der Waals surface area contributed by atoms with E-state index in [2.05, 4.69) is 0 Å². The molecule has 0 heterocycles. The van der Waals surface area contributed by atoms with E-state index in [1.807, 2.05) is 0 Å². The summed E-state index contributed by atoms with van der Waals surface area (Å²) in [7, 11) is 1.34. The fourth-order valence-electron chi connectivity index (χ4n) is 1.06. The van der Waals surface area contributed by atoms with Gasteiger partial charge in [0.15, 0.2) is 0 Å². The van der Waals surface area contributed by atoms with Gasteiger partial charge in [0, 0.05) is 7.11 Å². The maximum atomic E-state index is 10.5. The van der Waals surface area contributed by atoms with Crippen molar-refractivity contribution in [1.29, 1.82) is 0 Å². The Morgan fingerprint density at radius 1 is 1.07 bits per heavy atom. The summed E-state index contributed by atoms with van der Waals surface area (Å²) in [5.41, 5.74) is 0. The van der Waals surface area contributed by atoms with Crippen molar-refractivity contribution in [3.8, 4) is 0 Å². The third kappa shape index (κ3) is 3.75. The Morgan fingerprint density at radius 2 is 1.53 bits per heavy atom. The molecule has 6 heteroatoms. The molecule has 0 aliphatic heterocycles. The molecule has 0 amide bonds. The summed E-state index contributed by atoms with van der Waals surface area (Å²) in [6, 6.07) is 0. The molecule has 15 heavy (non-hydrogen) atoms. The molecule has 90 valence electrons. The first-order chi connectivity index (χ1) is 6.82. The fraction of sp³-hybridized carbons (Fsp3) is 0.889. The van der Waals surface area contributed by atoms with E-state index in [-0.39, 0.29) is 0 Å². The standard InChI is InChI=1S/C9H18O6/c1-4(9(13)14)6(10)8(12)7(11)5(2)15-3/h4-8,10-12H,1-3H3,(H,13,14)/t4?,5-,6?,7?,8?/m1/s1. The van der Waals surface area contributed by atoms with Crippen LogP contribution in [0.15, 0.2) is 0 Å². The molecule has 0 spiro atoms. The number of aliphatic hydroxyl groups is 3. The number of hydrogen-bond donors (Lipinski definition) is 4. The van der Waals surface area contributed by atoms with E-state index in [0.29, 0.717) is 0 Å². The molecule has 0 aliphatic rings. The van der Waals surface area contributed by atoms with Gasteiger partial charge < -0.3 is 25.2 Å². The van der Waals surface area contributed by atoms with E-state index >= 15 is 0 Å². The number of carbonyl (C=O) groups is 1. The maximum absolute atomic E-state index is 10.5. The minimum absolute atomic E-state index is 0.685. The Morgan fingerprint density at radius 3 is 1.87 bits per heavy atom. The van der Waals surface area contributed by atoms with Gasteiger partial charge in [-0.25, -0.2) is 0 Å². The van der Waals surface area contributed by atoms with Crippen LogP contribution in [0.25, 0.3) is 0 Å². The average molecular weight is 222 g/mol. The number of aliphatic hydroxyl groups excluding tert-OH is 3. The molecule has 4 unspecified atom stereocenters. The number of aliphatic carboxylic acids is 1. The average Bonchev–Trinajstić information content (AvgIpc) is 2.23. The van der Waals surface area contributed by atoms with Crippen molar-refractivity contribution in [1.82, 2.24) is 0 Å². The van der Waals surface area contributed by atoms with Gasteiger partial charge >= 0.3 is 5.97 Å². The topological polar surface area (TPSA) is 107 Å². The Hall–Kier alpha value is -0.690. The third-order valence-electron chi connectivity index (χ3n) is 2.45. The van der Waals surface area contributed by atoms with Gasteiger partial charge in [-0.1, -0.05) is 0 Å². The van der Waals surface area contributed by atoms with Gasteiger partial charge in [0.2, 0.25) is 0 Å². The molecule has 0 aromatic rings. The van der Waals surface area contributed by atoms with E-state index in [1.54, 1.807) is 0 Å². The van der Waals surface area contributed by atoms with Crippen molar-refractivity contribution in [2.24, 2.45) is 5.92 Å². The first-order valence-electron chi connectivity index (χ1n) is 4.62. The minimum Gasteiger partial charge on any atom is -0.481 e. The molecule has 6 nitrogen and oxygen atoms in total. The lowest BCUT2D eigenvalue weighted by atomic mass is 9.94. The molecular weight excluding hydrogens is 204 g/mol. The predicted octanol–water partition coefficient (Wildman–Crippen LogP) is -1.18. The molecule has 4 N–H and O–H groups in total. The highest BCUT2D eigenvalue weighted by Crippen LogP contribution is 2.13. The van der Waals surface area contributed by atoms with E-state index in [0.717, 1.165) is 0 Å². The molecule has 0 aromatic carbocycles. The highest BCUT2D eigenvalue weighted by molar-refractivity contribution is 5.70. The monoisotopic (exact) mass is 222 g/mol. The van der Waals surface area contributed by atoms with E-state index in [4.69, 9.17) is 9.84 Å². The Bertz CT molecular complexity index is 207. The van der Waals surface area contributed by atoms with E-state index < -0.39 is 36.3 Å². The zero-order chi connectivity index (χ0) is 12.2. The number of ether oxygens (including phenoxy) is 1. The molecule has 0 saturated carbocycles. The molecule has 5 atom stereocenters. The van der Waals surface area contributed by atoms with Crippen LogP contribution in [0.1, 0.15) is 13.8 Å². The molecule has 0 fully saturated rings. The van der Waals surface area contributed by atoms with Crippen LogP contribution < -0.4 is 0 Å². The van der Waals surface area contributed by atoms with Crippen LogP contribution in [0.5, 0.6) is 0 Å². The summed E-state index contributed by atoms with van der Waals surface area (Å²) < 4.78 is 4.75. The van der Waals surface area contributed by atoms with Crippen molar-refractivity contribution >= 4 is 5.97 Å². The second kappa shape index (κ2) is 6.02. The van der Waals surface area contributed by atoms with Crippen LogP contribution >= 0.6 is 0 Å². The number of methoxy groups -OCH3 is 1. The largest absolute Gasteiger partial charge is 0.481 e. The van der Waals surface area contributed by atoms with Crippen LogP contribution in [0.4, 0.5) is 0 Å². The summed E-state index contributed by atoms with van der Waals surface area (Å²) in [4.78, 5) is 10.5. The normalized spacial score (nSPS) is 21.5. The fourth-order valence-corrected chi connectivity index (χ4v) is 1.06. The van der Waals surface area contributed by atoms with Crippen molar-refractivity contribution in [3.63, 3.8) is 0 Å². The van der Waals surface area contributed by atoms with Crippen molar-refractivity contribution < 1.29 is 30.0 Å². The van der Waals surface area contributed by atoms with Gasteiger partial charge in [-0.15, -0.1) is 0 Å². The number of carboxylic acids is 1. The van der Waals surface area contributed by atoms with Crippen LogP contribution in [0.2, 0.25) is 0 Å². The first-order valence-corrected chi connectivity index (χ1v) is 4.62. The molecule has 0 aliphatic carbocycles. The quantitative estimate of drug-likeness (QED) is 0.451. The summed E-state index contributed by atoms with van der Waals surface area (Å²) in [6.07, 6.45) is -5.09. The lowest BCUT2D eigenvalue weighted by Gasteiger charge is -2.28. The Kier molecular flexibility index (Phi) is 5.74. The summed E-state index contributed by atoms with van der Waals surface area (Å²) in [6.45, 7) is 2.76. The summed E-state index contributed by atoms with van der Waals surface area (Å²) in [5, 5.41) is 36.9. The Labute approximate surface area is 88.1 Å². The lowest BCUT2D eigenvalue weighted by molar-refractivity contribution is -0.156. The van der Waals surface area contributed by atoms with Crippen LogP contribution in [0, 0.1) is 5.92 Å². The highest BCUT2D eigenvalue weighted by atomic mass is 16.5. The van der Waals surface area contributed by atoms with Gasteiger partial charge in [0.25, 0.3) is 0 Å². The van der Waals surface area contributed by atoms with Gasteiger partial charge in [-0.05, 0) is 13.8 Å². The number of rotatable bonds is 6. The zero-order valence-electron chi connectivity index (χ0n) is 8.99. The summed E-state index contributed by atoms with van der Waals surface area (Å²) >= 11 is 0. The van der Waals surface area contributed by atoms with Gasteiger partial charge in [-0.2, -0.15) is 0 Å². The molecule has 0 aromatic heterocycles. The van der Waals surface area contributed by atoms with Crippen molar-refractivity contribution in [2.45, 2.75) is 38.3 Å². The minimum atomic E-state index is -1.55. The molecule has 0 rings (SSSR count). The van der Waals surface area contributed by atoms with Gasteiger partial charge in [-0.3, -0.25) is 4.79 Å². The van der Waals surface area contributed by atoms with Crippen LogP contribution in [-0.2, 0) is 9.53 Å².